The molecule has 0 saturated heterocycles. The highest BCUT2D eigenvalue weighted by molar-refractivity contribution is 9.10. The van der Waals surface area contributed by atoms with Crippen molar-refractivity contribution in [1.82, 2.24) is 4.57 Å². The summed E-state index contributed by atoms with van der Waals surface area (Å²) >= 11 is 4.63. The van der Waals surface area contributed by atoms with Crippen LogP contribution in [-0.4, -0.2) is 15.6 Å². The number of aliphatic carboxylic acids is 1. The van der Waals surface area contributed by atoms with Crippen molar-refractivity contribution in [3.05, 3.63) is 43.3 Å². The van der Waals surface area contributed by atoms with Crippen molar-refractivity contribution in [3.63, 3.8) is 0 Å². The van der Waals surface area contributed by atoms with Gasteiger partial charge in [-0.05, 0) is 25.5 Å². The fourth-order valence-electron chi connectivity index (χ4n) is 2.10. The van der Waals surface area contributed by atoms with Crippen LogP contribution >= 0.6 is 27.3 Å². The molecule has 1 aromatic carbocycles. The van der Waals surface area contributed by atoms with E-state index >= 15 is 0 Å². The van der Waals surface area contributed by atoms with Crippen molar-refractivity contribution in [2.45, 2.75) is 26.3 Å². The molecule has 1 heterocycles. The summed E-state index contributed by atoms with van der Waals surface area (Å²) in [6.07, 6.45) is 0.520. The lowest BCUT2D eigenvalue weighted by Gasteiger charge is -2.09. The molecule has 0 radical (unpaired) electrons. The molecule has 0 fully saturated rings. The first-order chi connectivity index (χ1) is 9.49. The number of carboxylic acid groups (broad SMARTS) is 1. The van der Waals surface area contributed by atoms with E-state index in [0.717, 1.165) is 20.6 Å². The molecule has 0 spiro atoms. The molecule has 1 aromatic heterocycles. The second kappa shape index (κ2) is 6.37. The predicted molar refractivity (Wildman–Crippen MR) is 83.3 cm³/mol. The molecule has 20 heavy (non-hydrogen) atoms. The molecule has 0 unspecified atom stereocenters. The van der Waals surface area contributed by atoms with Crippen molar-refractivity contribution in [2.75, 3.05) is 0 Å². The monoisotopic (exact) mass is 355 g/mol. The normalized spacial score (nSPS) is 10.7. The van der Waals surface area contributed by atoms with Crippen LogP contribution in [0.15, 0.2) is 33.5 Å². The third kappa shape index (κ3) is 3.37. The maximum absolute atomic E-state index is 12.0. The SMILES string of the molecule is Cc1sc(=O)n(CCCC(=O)O)c1-c1cccc(Br)c1. The number of benzene rings is 1. The van der Waals surface area contributed by atoms with E-state index in [-0.39, 0.29) is 11.3 Å². The van der Waals surface area contributed by atoms with E-state index in [4.69, 9.17) is 5.11 Å². The summed E-state index contributed by atoms with van der Waals surface area (Å²) in [7, 11) is 0. The van der Waals surface area contributed by atoms with Crippen LogP contribution < -0.4 is 4.87 Å². The molecule has 0 aliphatic rings. The highest BCUT2D eigenvalue weighted by Gasteiger charge is 2.14. The Hall–Kier alpha value is -1.40. The molecule has 0 aliphatic heterocycles. The van der Waals surface area contributed by atoms with Crippen LogP contribution in [0, 0.1) is 6.92 Å². The summed E-state index contributed by atoms with van der Waals surface area (Å²) < 4.78 is 2.62. The van der Waals surface area contributed by atoms with E-state index in [0.29, 0.717) is 13.0 Å². The zero-order chi connectivity index (χ0) is 14.7. The number of aryl methyl sites for hydroxylation is 1. The maximum atomic E-state index is 12.0. The first-order valence-electron chi connectivity index (χ1n) is 6.17. The van der Waals surface area contributed by atoms with Gasteiger partial charge >= 0.3 is 10.8 Å². The van der Waals surface area contributed by atoms with Crippen molar-refractivity contribution < 1.29 is 9.90 Å². The summed E-state index contributed by atoms with van der Waals surface area (Å²) in [6, 6.07) is 7.76. The smallest absolute Gasteiger partial charge is 0.307 e. The van der Waals surface area contributed by atoms with Crippen LogP contribution in [0.25, 0.3) is 11.3 Å². The van der Waals surface area contributed by atoms with Gasteiger partial charge in [0.25, 0.3) is 0 Å². The minimum absolute atomic E-state index is 0.0390. The number of rotatable bonds is 5. The minimum Gasteiger partial charge on any atom is -0.481 e. The van der Waals surface area contributed by atoms with Crippen molar-refractivity contribution in [3.8, 4) is 11.3 Å². The number of hydrogen-bond donors (Lipinski definition) is 1. The molecule has 2 aromatic rings. The third-order valence-corrected chi connectivity index (χ3v) is 4.32. The second-order valence-corrected chi connectivity index (χ2v) is 6.51. The van der Waals surface area contributed by atoms with Gasteiger partial charge in [0.15, 0.2) is 0 Å². The lowest BCUT2D eigenvalue weighted by atomic mass is 10.1. The molecule has 6 heteroatoms. The average Bonchev–Trinajstić information content (AvgIpc) is 2.64. The van der Waals surface area contributed by atoms with Gasteiger partial charge in [-0.2, -0.15) is 0 Å². The van der Waals surface area contributed by atoms with E-state index in [2.05, 4.69) is 15.9 Å². The first-order valence-corrected chi connectivity index (χ1v) is 7.78. The van der Waals surface area contributed by atoms with E-state index in [1.807, 2.05) is 31.2 Å². The Bertz CT molecular complexity index is 690. The zero-order valence-corrected chi connectivity index (χ0v) is 13.3. The third-order valence-electron chi connectivity index (χ3n) is 2.93. The van der Waals surface area contributed by atoms with Crippen molar-refractivity contribution >= 4 is 33.2 Å². The standard InChI is InChI=1S/C14H14BrNO3S/c1-9-13(10-4-2-5-11(15)8-10)16(14(19)20-9)7-3-6-12(17)18/h2,4-5,8H,3,6-7H2,1H3,(H,17,18). The van der Waals surface area contributed by atoms with Crippen LogP contribution in [0.2, 0.25) is 0 Å². The Balaban J connectivity index is 2.37. The minimum atomic E-state index is -0.839. The molecule has 0 amide bonds. The Morgan fingerprint density at radius 1 is 1.45 bits per heavy atom. The summed E-state index contributed by atoms with van der Waals surface area (Å²) in [5.41, 5.74) is 1.84. The molecule has 0 atom stereocenters. The Morgan fingerprint density at radius 2 is 2.20 bits per heavy atom. The number of carbonyl (C=O) groups is 1. The Kier molecular flexibility index (Phi) is 4.77. The van der Waals surface area contributed by atoms with E-state index in [9.17, 15) is 9.59 Å². The Morgan fingerprint density at radius 3 is 2.85 bits per heavy atom. The van der Waals surface area contributed by atoms with Gasteiger partial charge in [0, 0.05) is 27.9 Å². The van der Waals surface area contributed by atoms with Gasteiger partial charge in [0.2, 0.25) is 0 Å². The number of halogens is 1. The van der Waals surface area contributed by atoms with Crippen LogP contribution in [0.5, 0.6) is 0 Å². The highest BCUT2D eigenvalue weighted by Crippen LogP contribution is 2.27. The average molecular weight is 356 g/mol. The lowest BCUT2D eigenvalue weighted by molar-refractivity contribution is -0.137. The quantitative estimate of drug-likeness (QED) is 0.892. The fourth-order valence-corrected chi connectivity index (χ4v) is 3.38. The molecule has 106 valence electrons. The van der Waals surface area contributed by atoms with Crippen LogP contribution in [0.1, 0.15) is 17.7 Å². The molecule has 2 rings (SSSR count). The van der Waals surface area contributed by atoms with E-state index in [1.54, 1.807) is 4.57 Å². The molecule has 0 saturated carbocycles. The molecule has 0 aliphatic carbocycles. The summed E-state index contributed by atoms with van der Waals surface area (Å²) in [5.74, 6) is -0.839. The Labute approximate surface area is 128 Å². The predicted octanol–water partition coefficient (Wildman–Crippen LogP) is 3.51. The number of carboxylic acids is 1. The van der Waals surface area contributed by atoms with Crippen LogP contribution in [0.3, 0.4) is 0 Å². The van der Waals surface area contributed by atoms with E-state index < -0.39 is 5.97 Å². The van der Waals surface area contributed by atoms with Gasteiger partial charge in [-0.1, -0.05) is 39.4 Å². The molecule has 4 nitrogen and oxygen atoms in total. The van der Waals surface area contributed by atoms with Gasteiger partial charge in [0.05, 0.1) is 5.69 Å². The fraction of sp³-hybridized carbons (Fsp3) is 0.286. The van der Waals surface area contributed by atoms with Gasteiger partial charge in [0.1, 0.15) is 0 Å². The topological polar surface area (TPSA) is 59.3 Å². The number of nitrogens with zero attached hydrogens (tertiary/aromatic N) is 1. The molecule has 1 N–H and O–H groups in total. The summed E-state index contributed by atoms with van der Waals surface area (Å²) in [5, 5.41) is 8.70. The van der Waals surface area contributed by atoms with Gasteiger partial charge < -0.3 is 5.11 Å². The van der Waals surface area contributed by atoms with Crippen LogP contribution in [0.4, 0.5) is 0 Å². The van der Waals surface area contributed by atoms with Crippen molar-refractivity contribution in [2.24, 2.45) is 0 Å². The lowest BCUT2D eigenvalue weighted by Crippen LogP contribution is -2.15. The highest BCUT2D eigenvalue weighted by atomic mass is 79.9. The van der Waals surface area contributed by atoms with Gasteiger partial charge in [-0.3, -0.25) is 14.2 Å². The van der Waals surface area contributed by atoms with Crippen molar-refractivity contribution in [1.29, 1.82) is 0 Å². The zero-order valence-electron chi connectivity index (χ0n) is 10.9. The second-order valence-electron chi connectivity index (χ2n) is 4.43. The molecular weight excluding hydrogens is 342 g/mol. The molecule has 0 bridgehead atoms. The van der Waals surface area contributed by atoms with Gasteiger partial charge in [-0.15, -0.1) is 0 Å². The summed E-state index contributed by atoms with van der Waals surface area (Å²) in [4.78, 5) is 23.5. The number of thiazole rings is 1. The number of aromatic nitrogens is 1. The maximum Gasteiger partial charge on any atom is 0.307 e. The van der Waals surface area contributed by atoms with Crippen LogP contribution in [-0.2, 0) is 11.3 Å². The summed E-state index contributed by atoms with van der Waals surface area (Å²) in [6.45, 7) is 2.34. The molecular formula is C14H14BrNO3S. The van der Waals surface area contributed by atoms with E-state index in [1.165, 1.54) is 11.3 Å². The first kappa shape index (κ1) is 15.0. The van der Waals surface area contributed by atoms with Gasteiger partial charge in [-0.25, -0.2) is 0 Å². The number of hydrogen-bond acceptors (Lipinski definition) is 3. The largest absolute Gasteiger partial charge is 0.481 e.